The van der Waals surface area contributed by atoms with Gasteiger partial charge in [0.25, 0.3) is 9.05 Å². The highest BCUT2D eigenvalue weighted by Crippen LogP contribution is 2.30. The average Bonchev–Trinajstić information content (AvgIpc) is 2.53. The minimum atomic E-state index is -4.11. The van der Waals surface area contributed by atoms with Crippen molar-refractivity contribution in [2.75, 3.05) is 0 Å². The summed E-state index contributed by atoms with van der Waals surface area (Å²) in [6, 6.07) is 2.73. The van der Waals surface area contributed by atoms with Gasteiger partial charge in [-0.2, -0.15) is 5.10 Å². The van der Waals surface area contributed by atoms with Gasteiger partial charge < -0.3 is 0 Å². The molecule has 0 spiro atoms. The Morgan fingerprint density at radius 3 is 2.42 bits per heavy atom. The Labute approximate surface area is 117 Å². The Hall–Kier alpha value is -1.18. The molecule has 0 aliphatic carbocycles. The van der Waals surface area contributed by atoms with E-state index in [1.807, 2.05) is 0 Å². The van der Waals surface area contributed by atoms with Gasteiger partial charge in [0.05, 0.1) is 5.69 Å². The standard InChI is InChI=1S/C10H6Cl2F2N2O2S/c1-5-9(19(12,17)18)10(11)16(15-5)8-3-2-6(13)4-7(8)14/h2-4H,1H3. The zero-order valence-electron chi connectivity index (χ0n) is 9.36. The lowest BCUT2D eigenvalue weighted by molar-refractivity contribution is 0.573. The van der Waals surface area contributed by atoms with Gasteiger partial charge in [-0.25, -0.2) is 21.9 Å². The molecule has 0 radical (unpaired) electrons. The lowest BCUT2D eigenvalue weighted by Crippen LogP contribution is -2.01. The third kappa shape index (κ3) is 2.58. The number of benzene rings is 1. The highest BCUT2D eigenvalue weighted by molar-refractivity contribution is 8.13. The molecular weight excluding hydrogens is 321 g/mol. The summed E-state index contributed by atoms with van der Waals surface area (Å²) < 4.78 is 49.9. The maximum Gasteiger partial charge on any atom is 0.266 e. The van der Waals surface area contributed by atoms with Crippen LogP contribution in [-0.4, -0.2) is 18.2 Å². The van der Waals surface area contributed by atoms with Gasteiger partial charge in [-0.1, -0.05) is 11.6 Å². The molecule has 19 heavy (non-hydrogen) atoms. The number of hydrogen-bond acceptors (Lipinski definition) is 3. The Bertz CT molecular complexity index is 759. The van der Waals surface area contributed by atoms with Crippen LogP contribution in [-0.2, 0) is 9.05 Å². The summed E-state index contributed by atoms with van der Waals surface area (Å²) in [5, 5.41) is 3.43. The molecule has 4 nitrogen and oxygen atoms in total. The first-order valence-corrected chi connectivity index (χ1v) is 7.55. The van der Waals surface area contributed by atoms with E-state index in [9.17, 15) is 17.2 Å². The molecule has 1 aromatic heterocycles. The van der Waals surface area contributed by atoms with Gasteiger partial charge in [0.2, 0.25) is 0 Å². The van der Waals surface area contributed by atoms with Gasteiger partial charge in [-0.05, 0) is 19.1 Å². The van der Waals surface area contributed by atoms with E-state index in [0.29, 0.717) is 6.07 Å². The van der Waals surface area contributed by atoms with Gasteiger partial charge in [0.1, 0.15) is 16.4 Å². The number of hydrogen-bond donors (Lipinski definition) is 0. The fourth-order valence-electron chi connectivity index (χ4n) is 1.57. The molecular formula is C10H6Cl2F2N2O2S. The van der Waals surface area contributed by atoms with Crippen LogP contribution in [0.25, 0.3) is 5.69 Å². The van der Waals surface area contributed by atoms with Crippen LogP contribution in [0.2, 0.25) is 5.15 Å². The molecule has 0 saturated carbocycles. The van der Waals surface area contributed by atoms with Crippen LogP contribution in [0.5, 0.6) is 0 Å². The quantitative estimate of drug-likeness (QED) is 0.797. The molecule has 0 amide bonds. The molecule has 0 aliphatic rings. The second-order valence-electron chi connectivity index (χ2n) is 3.65. The normalized spacial score (nSPS) is 11.8. The van der Waals surface area contributed by atoms with E-state index in [2.05, 4.69) is 5.10 Å². The third-order valence-corrected chi connectivity index (χ3v) is 4.23. The van der Waals surface area contributed by atoms with Gasteiger partial charge in [-0.15, -0.1) is 0 Å². The molecule has 0 fully saturated rings. The summed E-state index contributed by atoms with van der Waals surface area (Å²) in [6.07, 6.45) is 0. The van der Waals surface area contributed by atoms with Gasteiger partial charge in [-0.3, -0.25) is 0 Å². The molecule has 0 unspecified atom stereocenters. The first kappa shape index (κ1) is 14.2. The van der Waals surface area contributed by atoms with E-state index in [-0.39, 0.29) is 16.5 Å². The van der Waals surface area contributed by atoms with Crippen LogP contribution in [0.15, 0.2) is 23.1 Å². The van der Waals surface area contributed by atoms with E-state index in [1.54, 1.807) is 0 Å². The van der Waals surface area contributed by atoms with Crippen LogP contribution >= 0.6 is 22.3 Å². The summed E-state index contributed by atoms with van der Waals surface area (Å²) in [5.41, 5.74) is -0.162. The van der Waals surface area contributed by atoms with Crippen molar-refractivity contribution in [3.05, 3.63) is 40.7 Å². The van der Waals surface area contributed by atoms with Gasteiger partial charge >= 0.3 is 0 Å². The van der Waals surface area contributed by atoms with E-state index < -0.39 is 25.6 Å². The van der Waals surface area contributed by atoms with Crippen molar-refractivity contribution in [1.82, 2.24) is 9.78 Å². The minimum absolute atomic E-state index is 0.0173. The molecule has 2 aromatic rings. The first-order valence-electron chi connectivity index (χ1n) is 4.87. The smallest absolute Gasteiger partial charge is 0.218 e. The van der Waals surface area contributed by atoms with Crippen LogP contribution in [0.4, 0.5) is 8.78 Å². The van der Waals surface area contributed by atoms with E-state index in [0.717, 1.165) is 16.8 Å². The SMILES string of the molecule is Cc1nn(-c2ccc(F)cc2F)c(Cl)c1S(=O)(=O)Cl. The maximum atomic E-state index is 13.6. The molecule has 0 N–H and O–H groups in total. The van der Waals surface area contributed by atoms with E-state index in [4.69, 9.17) is 22.3 Å². The van der Waals surface area contributed by atoms with E-state index >= 15 is 0 Å². The van der Waals surface area contributed by atoms with Crippen LogP contribution in [0, 0.1) is 18.6 Å². The second-order valence-corrected chi connectivity index (χ2v) is 6.51. The maximum absolute atomic E-state index is 13.6. The number of halogens is 4. The largest absolute Gasteiger partial charge is 0.266 e. The monoisotopic (exact) mass is 326 g/mol. The fourth-order valence-corrected chi connectivity index (χ4v) is 3.50. The zero-order valence-corrected chi connectivity index (χ0v) is 11.7. The number of aryl methyl sites for hydroxylation is 1. The molecule has 2 rings (SSSR count). The Morgan fingerprint density at radius 1 is 1.32 bits per heavy atom. The van der Waals surface area contributed by atoms with Crippen LogP contribution in [0.1, 0.15) is 5.69 Å². The van der Waals surface area contributed by atoms with Gasteiger partial charge in [0, 0.05) is 16.7 Å². The summed E-state index contributed by atoms with van der Waals surface area (Å²) in [4.78, 5) is -0.403. The molecule has 9 heteroatoms. The minimum Gasteiger partial charge on any atom is -0.218 e. The van der Waals surface area contributed by atoms with Crippen molar-refractivity contribution in [2.45, 2.75) is 11.8 Å². The molecule has 102 valence electrons. The van der Waals surface area contributed by atoms with Crippen molar-refractivity contribution >= 4 is 31.3 Å². The van der Waals surface area contributed by atoms with Crippen LogP contribution < -0.4 is 0 Å². The Morgan fingerprint density at radius 2 is 1.95 bits per heavy atom. The molecule has 0 bridgehead atoms. The first-order chi connectivity index (χ1) is 8.71. The number of aromatic nitrogens is 2. The highest BCUT2D eigenvalue weighted by Gasteiger charge is 2.25. The predicted molar refractivity (Wildman–Crippen MR) is 66.3 cm³/mol. The number of nitrogens with zero attached hydrogens (tertiary/aromatic N) is 2. The molecule has 0 saturated heterocycles. The van der Waals surface area contributed by atoms with Crippen molar-refractivity contribution in [3.8, 4) is 5.69 Å². The summed E-state index contributed by atoms with van der Waals surface area (Å²) in [7, 11) is 1.10. The lowest BCUT2D eigenvalue weighted by atomic mass is 10.3. The zero-order chi connectivity index (χ0) is 14.4. The highest BCUT2D eigenvalue weighted by atomic mass is 35.7. The van der Waals surface area contributed by atoms with Crippen molar-refractivity contribution in [3.63, 3.8) is 0 Å². The average molecular weight is 327 g/mol. The molecule has 1 aromatic carbocycles. The van der Waals surface area contributed by atoms with Crippen molar-refractivity contribution < 1.29 is 17.2 Å². The van der Waals surface area contributed by atoms with Crippen molar-refractivity contribution in [1.29, 1.82) is 0 Å². The van der Waals surface area contributed by atoms with Crippen molar-refractivity contribution in [2.24, 2.45) is 0 Å². The molecule has 1 heterocycles. The lowest BCUT2D eigenvalue weighted by Gasteiger charge is -2.04. The summed E-state index contributed by atoms with van der Waals surface area (Å²) in [6.45, 7) is 1.36. The van der Waals surface area contributed by atoms with Gasteiger partial charge in [0.15, 0.2) is 11.0 Å². The predicted octanol–water partition coefficient (Wildman–Crippen LogP) is 3.04. The fraction of sp³-hybridized carbons (Fsp3) is 0.100. The second kappa shape index (κ2) is 4.73. The third-order valence-electron chi connectivity index (χ3n) is 2.33. The Kier molecular flexibility index (Phi) is 3.55. The molecule has 0 atom stereocenters. The number of rotatable bonds is 2. The van der Waals surface area contributed by atoms with E-state index in [1.165, 1.54) is 6.92 Å². The topological polar surface area (TPSA) is 52.0 Å². The summed E-state index contributed by atoms with van der Waals surface area (Å²) in [5.74, 6) is -1.70. The summed E-state index contributed by atoms with van der Waals surface area (Å²) >= 11 is 5.84. The van der Waals surface area contributed by atoms with Crippen LogP contribution in [0.3, 0.4) is 0 Å². The Balaban J connectivity index is 2.72. The molecule has 0 aliphatic heterocycles.